The number of thiazole rings is 1. The molecule has 3 rings (SSSR count). The van der Waals surface area contributed by atoms with Gasteiger partial charge in [0.15, 0.2) is 0 Å². The van der Waals surface area contributed by atoms with Crippen molar-refractivity contribution in [3.05, 3.63) is 40.9 Å². The highest BCUT2D eigenvalue weighted by Crippen LogP contribution is 2.30. The number of pyridine rings is 1. The number of nitrogens with zero attached hydrogens (tertiary/aromatic N) is 2. The van der Waals surface area contributed by atoms with Crippen molar-refractivity contribution in [3.8, 4) is 16.5 Å². The second-order valence-electron chi connectivity index (χ2n) is 5.64. The maximum absolute atomic E-state index is 5.32. The average Bonchev–Trinajstić information content (AvgIpc) is 3.03. The molecule has 0 unspecified atom stereocenters. The molecule has 0 aliphatic heterocycles. The lowest BCUT2D eigenvalue weighted by atomic mass is 10.1. The molecule has 3 aromatic rings. The van der Waals surface area contributed by atoms with Crippen molar-refractivity contribution < 1.29 is 4.74 Å². The summed E-state index contributed by atoms with van der Waals surface area (Å²) in [5, 5.41) is 4.30. The topological polar surface area (TPSA) is 35.0 Å². The maximum atomic E-state index is 5.32. The number of fused-ring (bicyclic) bond motifs is 1. The van der Waals surface area contributed by atoms with Gasteiger partial charge in [0.1, 0.15) is 10.8 Å². The van der Waals surface area contributed by atoms with Crippen LogP contribution in [0.4, 0.5) is 0 Å². The van der Waals surface area contributed by atoms with Crippen LogP contribution in [-0.4, -0.2) is 17.1 Å². The quantitative estimate of drug-likeness (QED) is 0.676. The molecular formula is C18H20N2OS. The van der Waals surface area contributed by atoms with E-state index in [4.69, 9.17) is 14.7 Å². The highest BCUT2D eigenvalue weighted by Gasteiger charge is 2.12. The molecule has 0 saturated heterocycles. The monoisotopic (exact) mass is 312 g/mol. The van der Waals surface area contributed by atoms with E-state index >= 15 is 0 Å². The van der Waals surface area contributed by atoms with Crippen molar-refractivity contribution in [2.45, 2.75) is 33.1 Å². The molecular weight excluding hydrogens is 292 g/mol. The van der Waals surface area contributed by atoms with Crippen LogP contribution in [0.15, 0.2) is 29.6 Å². The van der Waals surface area contributed by atoms with Crippen molar-refractivity contribution in [2.75, 3.05) is 7.11 Å². The van der Waals surface area contributed by atoms with E-state index in [1.54, 1.807) is 18.4 Å². The molecule has 0 radical (unpaired) electrons. The molecule has 3 nitrogen and oxygen atoms in total. The highest BCUT2D eigenvalue weighted by molar-refractivity contribution is 7.13. The van der Waals surface area contributed by atoms with E-state index in [1.165, 1.54) is 10.9 Å². The van der Waals surface area contributed by atoms with Gasteiger partial charge < -0.3 is 4.74 Å². The van der Waals surface area contributed by atoms with E-state index in [9.17, 15) is 0 Å². The number of hydrogen-bond donors (Lipinski definition) is 0. The summed E-state index contributed by atoms with van der Waals surface area (Å²) >= 11 is 1.66. The molecule has 0 atom stereocenters. The Bertz CT molecular complexity index is 808. The van der Waals surface area contributed by atoms with Gasteiger partial charge in [0.2, 0.25) is 0 Å². The van der Waals surface area contributed by atoms with Crippen LogP contribution in [0, 0.1) is 0 Å². The first kappa shape index (κ1) is 15.0. The number of methoxy groups -OCH3 is 1. The van der Waals surface area contributed by atoms with Crippen LogP contribution in [-0.2, 0) is 6.42 Å². The van der Waals surface area contributed by atoms with Gasteiger partial charge in [-0.2, -0.15) is 0 Å². The number of aryl methyl sites for hydroxylation is 1. The van der Waals surface area contributed by atoms with E-state index in [0.717, 1.165) is 34.1 Å². The zero-order valence-electron chi connectivity index (χ0n) is 13.4. The molecule has 2 aromatic heterocycles. The van der Waals surface area contributed by atoms with E-state index in [2.05, 4.69) is 38.3 Å². The average molecular weight is 312 g/mol. The minimum atomic E-state index is 0.441. The summed E-state index contributed by atoms with van der Waals surface area (Å²) in [5.41, 5.74) is 4.35. The molecule has 0 N–H and O–H groups in total. The lowest BCUT2D eigenvalue weighted by Crippen LogP contribution is -1.93. The smallest absolute Gasteiger partial charge is 0.142 e. The van der Waals surface area contributed by atoms with Crippen LogP contribution < -0.4 is 4.74 Å². The van der Waals surface area contributed by atoms with E-state index < -0.39 is 0 Å². The van der Waals surface area contributed by atoms with E-state index in [0.29, 0.717) is 5.92 Å². The molecule has 22 heavy (non-hydrogen) atoms. The fourth-order valence-corrected chi connectivity index (χ4v) is 3.42. The number of benzene rings is 1. The Hall–Kier alpha value is -1.94. The van der Waals surface area contributed by atoms with E-state index in [1.807, 2.05) is 12.1 Å². The summed E-state index contributed by atoms with van der Waals surface area (Å²) < 4.78 is 5.32. The van der Waals surface area contributed by atoms with Crippen LogP contribution in [0.25, 0.3) is 21.6 Å². The SMILES string of the molecule is CCc1cc(-c2nc(C(C)C)cs2)nc2cc(OC)ccc12. The predicted octanol–water partition coefficient (Wildman–Crippen LogP) is 5.05. The Labute approximate surface area is 135 Å². The van der Waals surface area contributed by atoms with Crippen LogP contribution in [0.2, 0.25) is 0 Å². The Morgan fingerprint density at radius 2 is 2.00 bits per heavy atom. The standard InChI is InChI=1S/C18H20N2OS/c1-5-12-8-16(18-20-17(10-22-18)11(2)3)19-15-9-13(21-4)6-7-14(12)15/h6-11H,5H2,1-4H3. The van der Waals surface area contributed by atoms with Gasteiger partial charge in [-0.1, -0.05) is 20.8 Å². The third kappa shape index (κ3) is 2.71. The summed E-state index contributed by atoms with van der Waals surface area (Å²) in [5.74, 6) is 1.28. The molecule has 0 bridgehead atoms. The van der Waals surface area contributed by atoms with Crippen molar-refractivity contribution in [1.82, 2.24) is 9.97 Å². The third-order valence-corrected chi connectivity index (χ3v) is 4.70. The van der Waals surface area contributed by atoms with Crippen molar-refractivity contribution in [3.63, 3.8) is 0 Å². The Morgan fingerprint density at radius 3 is 2.64 bits per heavy atom. The lowest BCUT2D eigenvalue weighted by molar-refractivity contribution is 0.415. The van der Waals surface area contributed by atoms with Gasteiger partial charge in [-0.15, -0.1) is 11.3 Å². The molecule has 4 heteroatoms. The second-order valence-corrected chi connectivity index (χ2v) is 6.49. The van der Waals surface area contributed by atoms with Gasteiger partial charge in [-0.3, -0.25) is 0 Å². The normalized spacial score (nSPS) is 11.3. The fraction of sp³-hybridized carbons (Fsp3) is 0.333. The Morgan fingerprint density at radius 1 is 1.18 bits per heavy atom. The zero-order valence-corrected chi connectivity index (χ0v) is 14.2. The number of hydrogen-bond acceptors (Lipinski definition) is 4. The largest absolute Gasteiger partial charge is 0.497 e. The molecule has 0 fully saturated rings. The minimum absolute atomic E-state index is 0.441. The Kier molecular flexibility index (Phi) is 4.12. The van der Waals surface area contributed by atoms with Crippen LogP contribution in [0.3, 0.4) is 0 Å². The first-order valence-electron chi connectivity index (χ1n) is 7.55. The lowest BCUT2D eigenvalue weighted by Gasteiger charge is -2.08. The van der Waals surface area contributed by atoms with Gasteiger partial charge >= 0.3 is 0 Å². The first-order valence-corrected chi connectivity index (χ1v) is 8.43. The number of ether oxygens (including phenoxy) is 1. The minimum Gasteiger partial charge on any atom is -0.497 e. The number of aromatic nitrogens is 2. The predicted molar refractivity (Wildman–Crippen MR) is 92.9 cm³/mol. The van der Waals surface area contributed by atoms with Gasteiger partial charge in [-0.25, -0.2) is 9.97 Å². The van der Waals surface area contributed by atoms with Crippen LogP contribution in [0.5, 0.6) is 5.75 Å². The summed E-state index contributed by atoms with van der Waals surface area (Å²) in [4.78, 5) is 9.53. The van der Waals surface area contributed by atoms with Crippen molar-refractivity contribution >= 4 is 22.2 Å². The van der Waals surface area contributed by atoms with Gasteiger partial charge in [0.05, 0.1) is 24.0 Å². The molecule has 1 aromatic carbocycles. The summed E-state index contributed by atoms with van der Waals surface area (Å²) in [6.07, 6.45) is 0.973. The molecule has 0 amide bonds. The maximum Gasteiger partial charge on any atom is 0.142 e. The number of rotatable bonds is 4. The Balaban J connectivity index is 2.16. The van der Waals surface area contributed by atoms with Gasteiger partial charge in [0.25, 0.3) is 0 Å². The highest BCUT2D eigenvalue weighted by atomic mass is 32.1. The fourth-order valence-electron chi connectivity index (χ4n) is 2.48. The molecule has 0 spiro atoms. The second kappa shape index (κ2) is 6.05. The molecule has 0 aliphatic carbocycles. The van der Waals surface area contributed by atoms with Crippen molar-refractivity contribution in [2.24, 2.45) is 0 Å². The van der Waals surface area contributed by atoms with E-state index in [-0.39, 0.29) is 0 Å². The van der Waals surface area contributed by atoms with Gasteiger partial charge in [0, 0.05) is 16.8 Å². The summed E-state index contributed by atoms with van der Waals surface area (Å²) in [7, 11) is 1.68. The third-order valence-electron chi connectivity index (χ3n) is 3.82. The van der Waals surface area contributed by atoms with Gasteiger partial charge in [-0.05, 0) is 36.1 Å². The molecule has 114 valence electrons. The molecule has 0 saturated carbocycles. The van der Waals surface area contributed by atoms with Crippen LogP contribution in [0.1, 0.15) is 37.9 Å². The molecule has 0 aliphatic rings. The summed E-state index contributed by atoms with van der Waals surface area (Å²) in [6.45, 7) is 6.49. The first-order chi connectivity index (χ1) is 10.6. The van der Waals surface area contributed by atoms with Crippen LogP contribution >= 0.6 is 11.3 Å². The zero-order chi connectivity index (χ0) is 15.7. The summed E-state index contributed by atoms with van der Waals surface area (Å²) in [6, 6.07) is 8.24. The molecule has 2 heterocycles. The van der Waals surface area contributed by atoms with Crippen molar-refractivity contribution in [1.29, 1.82) is 0 Å².